The fraction of sp³-hybridized carbons (Fsp3) is 0.606. The molecule has 3 heterocycles. The molecule has 10 nitrogen and oxygen atoms in total. The summed E-state index contributed by atoms with van der Waals surface area (Å²) in [7, 11) is 4.83. The van der Waals surface area contributed by atoms with E-state index in [1.54, 1.807) is 37.9 Å². The molecule has 1 saturated carbocycles. The Labute approximate surface area is 254 Å². The molecule has 5 rings (SSSR count). The fourth-order valence-corrected chi connectivity index (χ4v) is 6.31. The van der Waals surface area contributed by atoms with E-state index in [2.05, 4.69) is 22.8 Å². The van der Waals surface area contributed by atoms with Gasteiger partial charge in [-0.05, 0) is 83.5 Å². The minimum Gasteiger partial charge on any atom is -0.480 e. The highest BCUT2D eigenvalue weighted by Gasteiger charge is 2.29. The predicted octanol–water partition coefficient (Wildman–Crippen LogP) is 4.79. The minimum absolute atomic E-state index is 0.199. The largest absolute Gasteiger partial charge is 0.480 e. The summed E-state index contributed by atoms with van der Waals surface area (Å²) in [4.78, 5) is 29.0. The summed E-state index contributed by atoms with van der Waals surface area (Å²) < 4.78 is 14.3. The molecule has 3 aromatic rings. The van der Waals surface area contributed by atoms with Crippen LogP contribution in [0.5, 0.6) is 0 Å². The fourth-order valence-electron chi connectivity index (χ4n) is 6.31. The molecular weight excluding hydrogens is 546 g/mol. The van der Waals surface area contributed by atoms with Crippen LogP contribution in [0.4, 0.5) is 5.82 Å². The number of hydrogen-bond donors (Lipinski definition) is 3. The van der Waals surface area contributed by atoms with Crippen molar-refractivity contribution < 1.29 is 19.4 Å². The van der Waals surface area contributed by atoms with Crippen molar-refractivity contribution in [2.75, 3.05) is 39.2 Å². The molecule has 1 unspecified atom stereocenters. The molecule has 236 valence electrons. The number of unbranched alkanes of at least 4 members (excludes halogenated alkanes) is 1. The monoisotopic (exact) mass is 595 g/mol. The van der Waals surface area contributed by atoms with Gasteiger partial charge < -0.3 is 25.2 Å². The van der Waals surface area contributed by atoms with Crippen molar-refractivity contribution in [2.45, 2.75) is 89.3 Å². The number of anilines is 1. The van der Waals surface area contributed by atoms with E-state index < -0.39 is 17.6 Å². The van der Waals surface area contributed by atoms with Gasteiger partial charge in [0.2, 0.25) is 0 Å². The highest BCUT2D eigenvalue weighted by atomic mass is 16.5. The molecular formula is C33H49N5O5. The molecule has 10 heteroatoms. The number of carboxylic acid groups (broad SMARTS) is 1. The molecule has 0 amide bonds. The van der Waals surface area contributed by atoms with Gasteiger partial charge in [0.05, 0.1) is 29.3 Å². The highest BCUT2D eigenvalue weighted by Crippen LogP contribution is 2.28. The second-order valence-corrected chi connectivity index (χ2v) is 12.3. The predicted molar refractivity (Wildman–Crippen MR) is 170 cm³/mol. The normalized spacial score (nSPS) is 15.9. The molecule has 0 saturated heterocycles. The zero-order valence-corrected chi connectivity index (χ0v) is 26.4. The molecule has 1 fully saturated rings. The van der Waals surface area contributed by atoms with Gasteiger partial charge >= 0.3 is 11.7 Å². The van der Waals surface area contributed by atoms with Crippen LogP contribution < -0.4 is 16.3 Å². The lowest BCUT2D eigenvalue weighted by Crippen LogP contribution is -2.39. The summed E-state index contributed by atoms with van der Waals surface area (Å²) in [6.07, 6.45) is 11.6. The van der Waals surface area contributed by atoms with Gasteiger partial charge in [-0.2, -0.15) is 0 Å². The number of nitrogens with one attached hydrogen (secondary N) is 2. The first-order chi connectivity index (χ1) is 20.7. The first-order valence-corrected chi connectivity index (χ1v) is 15.6. The number of para-hydroxylation sites is 1. The number of benzene rings is 1. The van der Waals surface area contributed by atoms with Crippen LogP contribution >= 0.6 is 0 Å². The van der Waals surface area contributed by atoms with E-state index in [9.17, 15) is 14.7 Å². The number of carbonyl (C=O) groups is 1. The maximum atomic E-state index is 12.7. The number of hydrogen-bond acceptors (Lipinski definition) is 7. The van der Waals surface area contributed by atoms with Gasteiger partial charge in [-0.1, -0.05) is 31.0 Å². The highest BCUT2D eigenvalue weighted by molar-refractivity contribution is 5.87. The van der Waals surface area contributed by atoms with Gasteiger partial charge in [0.25, 0.3) is 0 Å². The average Bonchev–Trinajstić information content (AvgIpc) is 3.60. The van der Waals surface area contributed by atoms with Crippen LogP contribution in [-0.4, -0.2) is 65.2 Å². The first kappa shape index (κ1) is 32.7. The van der Waals surface area contributed by atoms with Crippen LogP contribution in [0, 0.1) is 0 Å². The summed E-state index contributed by atoms with van der Waals surface area (Å²) in [5.41, 5.74) is 3.71. The van der Waals surface area contributed by atoms with E-state index in [0.29, 0.717) is 29.3 Å². The summed E-state index contributed by atoms with van der Waals surface area (Å²) >= 11 is 0. The van der Waals surface area contributed by atoms with E-state index in [0.717, 1.165) is 31.8 Å². The standard InChI is InChI=1S/C17H26N2O.C16H23N3O4/c1-2-9-16(8-1)20-13-4-3-7-15-11-10-14-6-5-12-18-17(14)19-15;1-16(2,9-23-5)19-11-8-6-7-10(12(17-3)14(20)21)13(11)18(4)15(19)22/h10-11,16H,1-9,12-13H2,(H,18,19);6-8,12,17H,9H2,1-5H3,(H,20,21). The number of rotatable bonds is 12. The van der Waals surface area contributed by atoms with Crippen molar-refractivity contribution in [1.29, 1.82) is 0 Å². The molecule has 2 aliphatic rings. The van der Waals surface area contributed by atoms with Gasteiger partial charge in [0.1, 0.15) is 11.9 Å². The lowest BCUT2D eigenvalue weighted by molar-refractivity contribution is -0.139. The quantitative estimate of drug-likeness (QED) is 0.256. The number of aromatic nitrogens is 3. The van der Waals surface area contributed by atoms with Crippen LogP contribution in [0.1, 0.15) is 81.7 Å². The number of ether oxygens (including phenoxy) is 2. The van der Waals surface area contributed by atoms with Crippen molar-refractivity contribution in [3.63, 3.8) is 0 Å². The van der Waals surface area contributed by atoms with Gasteiger partial charge in [-0.3, -0.25) is 13.9 Å². The van der Waals surface area contributed by atoms with E-state index in [1.807, 2.05) is 19.9 Å². The van der Waals surface area contributed by atoms with E-state index in [-0.39, 0.29) is 5.69 Å². The van der Waals surface area contributed by atoms with E-state index >= 15 is 0 Å². The van der Waals surface area contributed by atoms with Crippen LogP contribution in [0.2, 0.25) is 0 Å². The number of nitrogens with zero attached hydrogens (tertiary/aromatic N) is 3. The Morgan fingerprint density at radius 1 is 1.19 bits per heavy atom. The van der Waals surface area contributed by atoms with Crippen LogP contribution in [-0.2, 0) is 39.7 Å². The Morgan fingerprint density at radius 2 is 1.95 bits per heavy atom. The smallest absolute Gasteiger partial charge is 0.329 e. The van der Waals surface area contributed by atoms with E-state index in [4.69, 9.17) is 14.5 Å². The van der Waals surface area contributed by atoms with Crippen molar-refractivity contribution in [3.8, 4) is 0 Å². The Hall–Kier alpha value is -3.21. The van der Waals surface area contributed by atoms with Crippen LogP contribution in [0.15, 0.2) is 35.1 Å². The molecule has 0 radical (unpaired) electrons. The Morgan fingerprint density at radius 3 is 2.65 bits per heavy atom. The van der Waals surface area contributed by atoms with Gasteiger partial charge in [0, 0.05) is 38.6 Å². The minimum atomic E-state index is -0.989. The van der Waals surface area contributed by atoms with Gasteiger partial charge in [-0.25, -0.2) is 9.78 Å². The first-order valence-electron chi connectivity index (χ1n) is 15.6. The number of likely N-dealkylation sites (N-methyl/N-ethyl adjacent to an activating group) is 1. The molecule has 3 N–H and O–H groups in total. The number of methoxy groups -OCH3 is 1. The summed E-state index contributed by atoms with van der Waals surface area (Å²) in [5, 5.41) is 15.6. The second kappa shape index (κ2) is 15.0. The lowest BCUT2D eigenvalue weighted by atomic mass is 10.0. The summed E-state index contributed by atoms with van der Waals surface area (Å²) in [6, 6.07) is 8.88. The number of fused-ring (bicyclic) bond motifs is 2. The van der Waals surface area contributed by atoms with Gasteiger partial charge in [-0.15, -0.1) is 0 Å². The van der Waals surface area contributed by atoms with Crippen LogP contribution in [0.25, 0.3) is 11.0 Å². The SMILES string of the molecule is CNC(C(=O)O)c1cccc2c1n(C)c(=O)n2C(C)(C)COC.c1cc2c(nc1CCCCOC1CCCC1)NCCC2. The molecule has 1 aliphatic carbocycles. The zero-order valence-electron chi connectivity index (χ0n) is 26.4. The zero-order chi connectivity index (χ0) is 31.0. The molecule has 1 aromatic carbocycles. The average molecular weight is 596 g/mol. The van der Waals surface area contributed by atoms with Gasteiger partial charge in [0.15, 0.2) is 0 Å². The second-order valence-electron chi connectivity index (χ2n) is 12.3. The molecule has 2 aromatic heterocycles. The van der Waals surface area contributed by atoms with Crippen molar-refractivity contribution >= 4 is 22.8 Å². The number of aliphatic carboxylic acids is 1. The third kappa shape index (κ3) is 7.85. The molecule has 1 aliphatic heterocycles. The van der Waals surface area contributed by atoms with Crippen molar-refractivity contribution in [3.05, 3.63) is 57.6 Å². The number of aryl methyl sites for hydroxylation is 3. The lowest BCUT2D eigenvalue weighted by Gasteiger charge is -2.25. The Bertz CT molecular complexity index is 1420. The van der Waals surface area contributed by atoms with Crippen molar-refractivity contribution in [2.24, 2.45) is 7.05 Å². The molecule has 43 heavy (non-hydrogen) atoms. The summed E-state index contributed by atoms with van der Waals surface area (Å²) in [6.45, 7) is 6.19. The van der Waals surface area contributed by atoms with E-state index in [1.165, 1.54) is 60.8 Å². The molecule has 0 spiro atoms. The maximum absolute atomic E-state index is 12.7. The van der Waals surface area contributed by atoms with Crippen molar-refractivity contribution in [1.82, 2.24) is 19.4 Å². The van der Waals surface area contributed by atoms with Crippen LogP contribution in [0.3, 0.4) is 0 Å². The maximum Gasteiger partial charge on any atom is 0.329 e. The number of pyridine rings is 1. The number of imidazole rings is 1. The summed E-state index contributed by atoms with van der Waals surface area (Å²) in [5.74, 6) is 0.132. The Kier molecular flexibility index (Phi) is 11.4. The number of carboxylic acids is 1. The molecule has 0 bridgehead atoms. The third-order valence-electron chi connectivity index (χ3n) is 8.48. The third-order valence-corrected chi connectivity index (χ3v) is 8.48. The Balaban J connectivity index is 0.000000198. The topological polar surface area (TPSA) is 120 Å². The molecule has 1 atom stereocenters.